The van der Waals surface area contributed by atoms with Crippen molar-refractivity contribution in [3.05, 3.63) is 66.1 Å². The summed E-state index contributed by atoms with van der Waals surface area (Å²) in [6.45, 7) is 3.78. The average molecular weight is 457 g/mol. The topological polar surface area (TPSA) is 122 Å². The van der Waals surface area contributed by atoms with Crippen molar-refractivity contribution in [2.24, 2.45) is 0 Å². The van der Waals surface area contributed by atoms with E-state index in [1.165, 1.54) is 16.9 Å². The van der Waals surface area contributed by atoms with E-state index in [0.29, 0.717) is 33.9 Å². The SMILES string of the molecule is CC(C)NC(=O)n1nc(-c2ccc(NC(=O)c3cnc4ccccc4n3)cc2O)cc1C1CC1. The Morgan fingerprint density at radius 2 is 1.85 bits per heavy atom. The second-order valence-electron chi connectivity index (χ2n) is 8.67. The molecule has 0 spiro atoms. The van der Waals surface area contributed by atoms with Gasteiger partial charge < -0.3 is 15.7 Å². The van der Waals surface area contributed by atoms with Crippen LogP contribution in [0.25, 0.3) is 22.3 Å². The molecule has 5 rings (SSSR count). The lowest BCUT2D eigenvalue weighted by Crippen LogP contribution is -2.35. The van der Waals surface area contributed by atoms with E-state index in [4.69, 9.17) is 0 Å². The van der Waals surface area contributed by atoms with Gasteiger partial charge in [0.05, 0.1) is 28.6 Å². The van der Waals surface area contributed by atoms with Crippen molar-refractivity contribution in [1.29, 1.82) is 0 Å². The van der Waals surface area contributed by atoms with Gasteiger partial charge in [-0.3, -0.25) is 9.78 Å². The molecule has 1 saturated carbocycles. The lowest BCUT2D eigenvalue weighted by molar-refractivity contribution is 0.102. The molecule has 1 aliphatic carbocycles. The number of hydrogen-bond acceptors (Lipinski definition) is 6. The molecule has 0 bridgehead atoms. The van der Waals surface area contributed by atoms with Gasteiger partial charge >= 0.3 is 6.03 Å². The molecule has 2 aromatic heterocycles. The number of fused-ring (bicyclic) bond motifs is 1. The lowest BCUT2D eigenvalue weighted by Gasteiger charge is -2.10. The maximum absolute atomic E-state index is 12.7. The average Bonchev–Trinajstić information content (AvgIpc) is 3.56. The normalized spacial score (nSPS) is 13.3. The van der Waals surface area contributed by atoms with Crippen LogP contribution in [0, 0.1) is 0 Å². The summed E-state index contributed by atoms with van der Waals surface area (Å²) in [4.78, 5) is 33.9. The van der Waals surface area contributed by atoms with Gasteiger partial charge in [-0.15, -0.1) is 0 Å². The summed E-state index contributed by atoms with van der Waals surface area (Å²) in [5, 5.41) is 20.7. The zero-order valence-electron chi connectivity index (χ0n) is 18.8. The van der Waals surface area contributed by atoms with Crippen LogP contribution in [-0.2, 0) is 0 Å². The summed E-state index contributed by atoms with van der Waals surface area (Å²) in [6.07, 6.45) is 3.43. The molecular weight excluding hydrogens is 432 g/mol. The molecule has 9 nitrogen and oxygen atoms in total. The van der Waals surface area contributed by atoms with Crippen LogP contribution in [0.1, 0.15) is 48.8 Å². The molecule has 1 aliphatic rings. The summed E-state index contributed by atoms with van der Waals surface area (Å²) < 4.78 is 1.39. The van der Waals surface area contributed by atoms with Gasteiger partial charge in [-0.1, -0.05) is 12.1 Å². The van der Waals surface area contributed by atoms with E-state index in [9.17, 15) is 14.7 Å². The molecule has 0 aliphatic heterocycles. The molecule has 1 fully saturated rings. The molecule has 2 heterocycles. The van der Waals surface area contributed by atoms with Crippen LogP contribution in [0.3, 0.4) is 0 Å². The van der Waals surface area contributed by atoms with Crippen molar-refractivity contribution in [2.45, 2.75) is 38.6 Å². The Morgan fingerprint density at radius 1 is 1.09 bits per heavy atom. The number of carbonyl (C=O) groups excluding carboxylic acids is 2. The second-order valence-corrected chi connectivity index (χ2v) is 8.67. The fraction of sp³-hybridized carbons (Fsp3) is 0.240. The van der Waals surface area contributed by atoms with Crippen LogP contribution in [0.2, 0.25) is 0 Å². The Kier molecular flexibility index (Phi) is 5.45. The van der Waals surface area contributed by atoms with Crippen LogP contribution < -0.4 is 10.6 Å². The standard InChI is InChI=1S/C25H24N6O3/c1-14(2)27-25(34)31-22(15-7-8-15)12-20(30-31)17-10-9-16(11-23(17)32)28-24(33)21-13-26-18-5-3-4-6-19(18)29-21/h3-6,9-15,32H,7-8H2,1-2H3,(H,27,34)(H,28,33). The summed E-state index contributed by atoms with van der Waals surface area (Å²) in [7, 11) is 0. The number of nitrogens with zero attached hydrogens (tertiary/aromatic N) is 4. The molecule has 2 aromatic carbocycles. The van der Waals surface area contributed by atoms with E-state index < -0.39 is 5.91 Å². The molecule has 34 heavy (non-hydrogen) atoms. The minimum Gasteiger partial charge on any atom is -0.507 e. The minimum atomic E-state index is -0.434. The maximum Gasteiger partial charge on any atom is 0.342 e. The number of aromatic nitrogens is 4. The van der Waals surface area contributed by atoms with Crippen LogP contribution in [0.15, 0.2) is 54.7 Å². The highest BCUT2D eigenvalue weighted by atomic mass is 16.3. The van der Waals surface area contributed by atoms with E-state index in [1.807, 2.05) is 38.1 Å². The van der Waals surface area contributed by atoms with Gasteiger partial charge in [0.15, 0.2) is 0 Å². The molecule has 0 atom stereocenters. The monoisotopic (exact) mass is 456 g/mol. The summed E-state index contributed by atoms with van der Waals surface area (Å²) in [5.41, 5.74) is 3.70. The van der Waals surface area contributed by atoms with E-state index >= 15 is 0 Å². The summed E-state index contributed by atoms with van der Waals surface area (Å²) in [5.74, 6) is -0.197. The van der Waals surface area contributed by atoms with E-state index in [2.05, 4.69) is 25.7 Å². The molecule has 9 heteroatoms. The number of hydrogen-bond donors (Lipinski definition) is 3. The summed E-state index contributed by atoms with van der Waals surface area (Å²) >= 11 is 0. The number of nitrogens with one attached hydrogen (secondary N) is 2. The van der Waals surface area contributed by atoms with Gasteiger partial charge in [0.1, 0.15) is 11.4 Å². The first-order valence-electron chi connectivity index (χ1n) is 11.2. The van der Waals surface area contributed by atoms with Crippen molar-refractivity contribution in [3.63, 3.8) is 0 Å². The predicted molar refractivity (Wildman–Crippen MR) is 128 cm³/mol. The molecule has 0 saturated heterocycles. The van der Waals surface area contributed by atoms with Crippen LogP contribution in [0.4, 0.5) is 10.5 Å². The van der Waals surface area contributed by atoms with Crippen LogP contribution >= 0.6 is 0 Å². The first kappa shape index (κ1) is 21.6. The number of phenolic OH excluding ortho intramolecular Hbond substituents is 1. The molecule has 0 radical (unpaired) electrons. The van der Waals surface area contributed by atoms with E-state index in [1.54, 1.807) is 18.2 Å². The first-order chi connectivity index (χ1) is 16.4. The first-order valence-corrected chi connectivity index (χ1v) is 11.2. The minimum absolute atomic E-state index is 0.0178. The van der Waals surface area contributed by atoms with Gasteiger partial charge in [-0.25, -0.2) is 9.78 Å². The number of anilines is 1. The molecule has 2 amide bonds. The highest BCUT2D eigenvalue weighted by Crippen LogP contribution is 2.42. The van der Waals surface area contributed by atoms with Crippen molar-refractivity contribution >= 4 is 28.7 Å². The van der Waals surface area contributed by atoms with Gasteiger partial charge in [0.2, 0.25) is 0 Å². The zero-order chi connectivity index (χ0) is 23.8. The fourth-order valence-electron chi connectivity index (χ4n) is 3.76. The fourth-order valence-corrected chi connectivity index (χ4v) is 3.76. The van der Waals surface area contributed by atoms with Crippen molar-refractivity contribution < 1.29 is 14.7 Å². The number of carbonyl (C=O) groups is 2. The Labute approximate surface area is 195 Å². The quantitative estimate of drug-likeness (QED) is 0.412. The molecule has 0 unspecified atom stereocenters. The third-order valence-corrected chi connectivity index (χ3v) is 5.55. The maximum atomic E-state index is 12.7. The van der Waals surface area contributed by atoms with Gasteiger partial charge in [-0.2, -0.15) is 9.78 Å². The number of benzene rings is 2. The number of para-hydroxylation sites is 2. The highest BCUT2D eigenvalue weighted by molar-refractivity contribution is 6.03. The van der Waals surface area contributed by atoms with Crippen molar-refractivity contribution in [2.75, 3.05) is 5.32 Å². The van der Waals surface area contributed by atoms with E-state index in [0.717, 1.165) is 18.5 Å². The number of rotatable bonds is 5. The third kappa shape index (κ3) is 4.32. The Bertz CT molecular complexity index is 1410. The Morgan fingerprint density at radius 3 is 2.56 bits per heavy atom. The largest absolute Gasteiger partial charge is 0.507 e. The molecule has 3 N–H and O–H groups in total. The van der Waals surface area contributed by atoms with Crippen LogP contribution in [-0.4, -0.2) is 42.8 Å². The van der Waals surface area contributed by atoms with Crippen molar-refractivity contribution in [1.82, 2.24) is 25.1 Å². The predicted octanol–water partition coefficient (Wildman–Crippen LogP) is 4.29. The summed E-state index contributed by atoms with van der Waals surface area (Å²) in [6, 6.07) is 13.6. The third-order valence-electron chi connectivity index (χ3n) is 5.55. The van der Waals surface area contributed by atoms with Gasteiger partial charge in [-0.05, 0) is 57.0 Å². The van der Waals surface area contributed by atoms with Crippen LogP contribution in [0.5, 0.6) is 5.75 Å². The zero-order valence-corrected chi connectivity index (χ0v) is 18.8. The number of aromatic hydroxyl groups is 1. The van der Waals surface area contributed by atoms with Gasteiger partial charge in [0, 0.05) is 29.3 Å². The lowest BCUT2D eigenvalue weighted by atomic mass is 10.1. The van der Waals surface area contributed by atoms with E-state index in [-0.39, 0.29) is 23.5 Å². The van der Waals surface area contributed by atoms with Crippen molar-refractivity contribution in [3.8, 4) is 17.0 Å². The molecule has 172 valence electrons. The second kappa shape index (κ2) is 8.58. The number of amides is 2. The highest BCUT2D eigenvalue weighted by Gasteiger charge is 2.31. The number of phenols is 1. The van der Waals surface area contributed by atoms with Gasteiger partial charge in [0.25, 0.3) is 5.91 Å². The smallest absolute Gasteiger partial charge is 0.342 e. The molecule has 4 aromatic rings. The Hall–Kier alpha value is -4.27. The Balaban J connectivity index is 1.38. The molecular formula is C25H24N6O3.